The number of rotatable bonds is 5. The van der Waals surface area contributed by atoms with E-state index in [-0.39, 0.29) is 0 Å². The largest absolute Gasteiger partial charge is 0.496 e. The molecule has 2 rings (SSSR count). The fraction of sp³-hybridized carbons (Fsp3) is 0.308. The minimum atomic E-state index is 0.386. The summed E-state index contributed by atoms with van der Waals surface area (Å²) in [7, 11) is 4.81. The molecule has 2 aromatic rings. The molecular formula is C13H14ClNO3S. The lowest BCUT2D eigenvalue weighted by atomic mass is 10.1. The normalized spacial score (nSPS) is 10.3. The standard InChI is InChI=1S/C13H14ClNO3S/c1-16-9-4-10(17-2)12(11(5-9)18-3)13-15-8(6-14)7-19-13/h4-5,7H,6H2,1-3H3. The van der Waals surface area contributed by atoms with Gasteiger partial charge in [0.25, 0.3) is 0 Å². The Morgan fingerprint density at radius 3 is 2.16 bits per heavy atom. The smallest absolute Gasteiger partial charge is 0.136 e. The van der Waals surface area contributed by atoms with E-state index in [9.17, 15) is 0 Å². The van der Waals surface area contributed by atoms with E-state index in [0.717, 1.165) is 16.3 Å². The second-order valence-electron chi connectivity index (χ2n) is 3.68. The zero-order valence-electron chi connectivity index (χ0n) is 10.9. The Balaban J connectivity index is 2.59. The predicted octanol–water partition coefficient (Wildman–Crippen LogP) is 3.57. The van der Waals surface area contributed by atoms with Crippen molar-refractivity contribution in [1.82, 2.24) is 4.98 Å². The number of thiazole rings is 1. The first-order chi connectivity index (χ1) is 9.23. The van der Waals surface area contributed by atoms with Crippen LogP contribution in [0.2, 0.25) is 0 Å². The van der Waals surface area contributed by atoms with Crippen LogP contribution in [0.5, 0.6) is 17.2 Å². The molecule has 0 spiro atoms. The second kappa shape index (κ2) is 6.12. The molecule has 102 valence electrons. The minimum absolute atomic E-state index is 0.386. The van der Waals surface area contributed by atoms with Gasteiger partial charge in [0.1, 0.15) is 22.3 Å². The fourth-order valence-electron chi connectivity index (χ4n) is 1.70. The lowest BCUT2D eigenvalue weighted by Gasteiger charge is -2.13. The zero-order valence-corrected chi connectivity index (χ0v) is 12.5. The Morgan fingerprint density at radius 2 is 1.74 bits per heavy atom. The lowest BCUT2D eigenvalue weighted by molar-refractivity contribution is 0.377. The molecule has 0 bridgehead atoms. The monoisotopic (exact) mass is 299 g/mol. The molecule has 0 fully saturated rings. The summed E-state index contributed by atoms with van der Waals surface area (Å²) < 4.78 is 16.0. The van der Waals surface area contributed by atoms with Gasteiger partial charge in [0.2, 0.25) is 0 Å². The van der Waals surface area contributed by atoms with Gasteiger partial charge in [-0.15, -0.1) is 22.9 Å². The topological polar surface area (TPSA) is 40.6 Å². The van der Waals surface area contributed by atoms with Gasteiger partial charge in [0.15, 0.2) is 0 Å². The number of hydrogen-bond donors (Lipinski definition) is 0. The van der Waals surface area contributed by atoms with Gasteiger partial charge in [-0.3, -0.25) is 0 Å². The van der Waals surface area contributed by atoms with Crippen LogP contribution in [-0.4, -0.2) is 26.3 Å². The van der Waals surface area contributed by atoms with Gasteiger partial charge in [0, 0.05) is 17.5 Å². The first-order valence-electron chi connectivity index (χ1n) is 5.54. The first-order valence-corrected chi connectivity index (χ1v) is 6.95. The first kappa shape index (κ1) is 14.0. The summed E-state index contributed by atoms with van der Waals surface area (Å²) in [6, 6.07) is 3.61. The van der Waals surface area contributed by atoms with Crippen LogP contribution in [0, 0.1) is 0 Å². The van der Waals surface area contributed by atoms with E-state index >= 15 is 0 Å². The van der Waals surface area contributed by atoms with Crippen molar-refractivity contribution >= 4 is 22.9 Å². The number of aromatic nitrogens is 1. The molecule has 4 nitrogen and oxygen atoms in total. The van der Waals surface area contributed by atoms with E-state index < -0.39 is 0 Å². The van der Waals surface area contributed by atoms with Crippen LogP contribution in [0.3, 0.4) is 0 Å². The van der Waals surface area contributed by atoms with Crippen molar-refractivity contribution in [2.24, 2.45) is 0 Å². The van der Waals surface area contributed by atoms with Gasteiger partial charge < -0.3 is 14.2 Å². The third kappa shape index (κ3) is 2.77. The van der Waals surface area contributed by atoms with Crippen molar-refractivity contribution in [2.75, 3.05) is 21.3 Å². The third-order valence-electron chi connectivity index (χ3n) is 2.62. The number of ether oxygens (including phenoxy) is 3. The van der Waals surface area contributed by atoms with Crippen molar-refractivity contribution in [3.8, 4) is 27.8 Å². The van der Waals surface area contributed by atoms with Crippen molar-refractivity contribution in [3.05, 3.63) is 23.2 Å². The SMILES string of the molecule is COc1cc(OC)c(-c2nc(CCl)cs2)c(OC)c1. The van der Waals surface area contributed by atoms with Gasteiger partial charge >= 0.3 is 0 Å². The zero-order chi connectivity index (χ0) is 13.8. The number of alkyl halides is 1. The Morgan fingerprint density at radius 1 is 1.11 bits per heavy atom. The minimum Gasteiger partial charge on any atom is -0.496 e. The fourth-order valence-corrected chi connectivity index (χ4v) is 2.80. The Kier molecular flexibility index (Phi) is 4.50. The lowest BCUT2D eigenvalue weighted by Crippen LogP contribution is -1.95. The second-order valence-corrected chi connectivity index (χ2v) is 4.81. The van der Waals surface area contributed by atoms with Gasteiger partial charge in [-0.05, 0) is 0 Å². The highest BCUT2D eigenvalue weighted by atomic mass is 35.5. The van der Waals surface area contributed by atoms with Crippen LogP contribution in [-0.2, 0) is 5.88 Å². The molecule has 19 heavy (non-hydrogen) atoms. The summed E-state index contributed by atoms with van der Waals surface area (Å²) in [6.45, 7) is 0. The van der Waals surface area contributed by atoms with Crippen LogP contribution in [0.25, 0.3) is 10.6 Å². The number of nitrogens with zero attached hydrogens (tertiary/aromatic N) is 1. The molecule has 0 radical (unpaired) electrons. The molecule has 6 heteroatoms. The molecule has 0 aliphatic carbocycles. The molecule has 0 amide bonds. The summed E-state index contributed by atoms with van der Waals surface area (Å²) in [5.74, 6) is 2.38. The maximum Gasteiger partial charge on any atom is 0.136 e. The Hall–Kier alpha value is -1.46. The van der Waals surface area contributed by atoms with Gasteiger partial charge in [-0.2, -0.15) is 0 Å². The van der Waals surface area contributed by atoms with Gasteiger partial charge in [-0.1, -0.05) is 0 Å². The molecule has 0 N–H and O–H groups in total. The Labute approximate surface area is 120 Å². The number of benzene rings is 1. The number of hydrogen-bond acceptors (Lipinski definition) is 5. The molecule has 0 atom stereocenters. The highest BCUT2D eigenvalue weighted by Gasteiger charge is 2.18. The van der Waals surface area contributed by atoms with E-state index in [1.807, 2.05) is 5.38 Å². The van der Waals surface area contributed by atoms with Crippen molar-refractivity contribution < 1.29 is 14.2 Å². The highest BCUT2D eigenvalue weighted by molar-refractivity contribution is 7.13. The summed E-state index contributed by atoms with van der Waals surface area (Å²) in [5.41, 5.74) is 1.65. The van der Waals surface area contributed by atoms with Crippen LogP contribution in [0.15, 0.2) is 17.5 Å². The molecule has 0 saturated heterocycles. The van der Waals surface area contributed by atoms with Crippen LogP contribution >= 0.6 is 22.9 Å². The van der Waals surface area contributed by atoms with Crippen molar-refractivity contribution in [3.63, 3.8) is 0 Å². The summed E-state index contributed by atoms with van der Waals surface area (Å²) in [4.78, 5) is 4.46. The highest BCUT2D eigenvalue weighted by Crippen LogP contribution is 2.42. The molecule has 0 aliphatic rings. The molecular weight excluding hydrogens is 286 g/mol. The number of halogens is 1. The molecule has 0 aliphatic heterocycles. The van der Waals surface area contributed by atoms with E-state index in [2.05, 4.69) is 4.98 Å². The van der Waals surface area contributed by atoms with E-state index in [1.54, 1.807) is 33.5 Å². The summed E-state index contributed by atoms with van der Waals surface area (Å²) in [5, 5.41) is 2.73. The Bertz CT molecular complexity index is 546. The summed E-state index contributed by atoms with van der Waals surface area (Å²) in [6.07, 6.45) is 0. The van der Waals surface area contributed by atoms with E-state index in [0.29, 0.717) is 23.1 Å². The van der Waals surface area contributed by atoms with Crippen molar-refractivity contribution in [1.29, 1.82) is 0 Å². The quantitative estimate of drug-likeness (QED) is 0.791. The molecule has 1 aromatic carbocycles. The molecule has 0 saturated carbocycles. The maximum atomic E-state index is 5.78. The van der Waals surface area contributed by atoms with E-state index in [1.165, 1.54) is 11.3 Å². The number of methoxy groups -OCH3 is 3. The molecule has 1 aromatic heterocycles. The molecule has 0 unspecified atom stereocenters. The van der Waals surface area contributed by atoms with Gasteiger partial charge in [-0.25, -0.2) is 4.98 Å². The predicted molar refractivity (Wildman–Crippen MR) is 76.8 cm³/mol. The van der Waals surface area contributed by atoms with Crippen LogP contribution in [0.1, 0.15) is 5.69 Å². The van der Waals surface area contributed by atoms with Crippen molar-refractivity contribution in [2.45, 2.75) is 5.88 Å². The van der Waals surface area contributed by atoms with Gasteiger partial charge in [0.05, 0.1) is 38.5 Å². The van der Waals surface area contributed by atoms with Crippen LogP contribution in [0.4, 0.5) is 0 Å². The third-order valence-corrected chi connectivity index (χ3v) is 3.80. The molecule has 1 heterocycles. The van der Waals surface area contributed by atoms with Crippen LogP contribution < -0.4 is 14.2 Å². The average Bonchev–Trinajstić information content (AvgIpc) is 2.94. The van der Waals surface area contributed by atoms with E-state index in [4.69, 9.17) is 25.8 Å². The average molecular weight is 300 g/mol. The maximum absolute atomic E-state index is 5.78. The summed E-state index contributed by atoms with van der Waals surface area (Å²) >= 11 is 7.29.